The molecular weight excluding hydrogens is 142 g/mol. The van der Waals surface area contributed by atoms with Crippen molar-refractivity contribution in [2.24, 2.45) is 4.99 Å². The van der Waals surface area contributed by atoms with Crippen molar-refractivity contribution in [1.82, 2.24) is 0 Å². The number of hydrogen-bond acceptors (Lipinski definition) is 2. The first-order valence-corrected chi connectivity index (χ1v) is 3.88. The Balaban J connectivity index is 3.54. The summed E-state index contributed by atoms with van der Waals surface area (Å²) in [6, 6.07) is 0. The number of carboxylic acids is 1. The van der Waals surface area contributed by atoms with Crippen LogP contribution in [-0.2, 0) is 4.79 Å². The van der Waals surface area contributed by atoms with Crippen molar-refractivity contribution in [3.63, 3.8) is 0 Å². The van der Waals surface area contributed by atoms with Gasteiger partial charge in [-0.05, 0) is 13.3 Å². The molecule has 0 aliphatic heterocycles. The highest BCUT2D eigenvalue weighted by atomic mass is 16.4. The molecule has 1 N–H and O–H groups in total. The van der Waals surface area contributed by atoms with Crippen molar-refractivity contribution in [3.8, 4) is 0 Å². The number of nitrogens with zero attached hydrogens (tertiary/aromatic N) is 1. The quantitative estimate of drug-likeness (QED) is 0.488. The molecule has 0 bridgehead atoms. The summed E-state index contributed by atoms with van der Waals surface area (Å²) in [5.74, 6) is -0.803. The lowest BCUT2D eigenvalue weighted by Crippen LogP contribution is -2.03. The minimum absolute atomic E-state index is 0.0731. The molecule has 3 heteroatoms. The number of carbonyl (C=O) groups is 1. The fourth-order valence-corrected chi connectivity index (χ4v) is 0.703. The van der Waals surface area contributed by atoms with Gasteiger partial charge in [0.05, 0.1) is 6.42 Å². The Kier molecular flexibility index (Phi) is 5.43. The molecule has 0 spiro atoms. The maximum Gasteiger partial charge on any atom is 0.309 e. The van der Waals surface area contributed by atoms with Gasteiger partial charge in [-0.25, -0.2) is 0 Å². The van der Waals surface area contributed by atoms with Crippen LogP contribution in [0.4, 0.5) is 0 Å². The molecule has 0 fully saturated rings. The average molecular weight is 157 g/mol. The van der Waals surface area contributed by atoms with Crippen molar-refractivity contribution in [2.75, 3.05) is 6.54 Å². The van der Waals surface area contributed by atoms with E-state index < -0.39 is 5.97 Å². The number of carboxylic acid groups (broad SMARTS) is 1. The Bertz CT molecular complexity index is 152. The first kappa shape index (κ1) is 10.1. The van der Waals surface area contributed by atoms with Gasteiger partial charge in [-0.3, -0.25) is 9.79 Å². The monoisotopic (exact) mass is 157 g/mol. The number of aliphatic carboxylic acids is 1. The third kappa shape index (κ3) is 7.03. The summed E-state index contributed by atoms with van der Waals surface area (Å²) in [4.78, 5) is 14.3. The van der Waals surface area contributed by atoms with Crippen molar-refractivity contribution in [3.05, 3.63) is 0 Å². The minimum Gasteiger partial charge on any atom is -0.481 e. The molecule has 64 valence electrons. The standard InChI is InChI=1S/C8H15NO2/c1-3-4-5-9-7(2)6-8(10)11/h3-6H2,1-2H3,(H,10,11). The zero-order valence-corrected chi connectivity index (χ0v) is 7.13. The predicted octanol–water partition coefficient (Wildman–Crippen LogP) is 1.72. The van der Waals surface area contributed by atoms with E-state index in [9.17, 15) is 4.79 Å². The van der Waals surface area contributed by atoms with Gasteiger partial charge in [0.25, 0.3) is 0 Å². The molecule has 0 atom stereocenters. The highest BCUT2D eigenvalue weighted by Gasteiger charge is 1.97. The third-order valence-electron chi connectivity index (χ3n) is 1.30. The van der Waals surface area contributed by atoms with Gasteiger partial charge >= 0.3 is 5.97 Å². The molecule has 0 saturated heterocycles. The average Bonchev–Trinajstić information content (AvgIpc) is 1.86. The Morgan fingerprint density at radius 2 is 2.18 bits per heavy atom. The maximum absolute atomic E-state index is 10.2. The second-order valence-electron chi connectivity index (χ2n) is 2.54. The lowest BCUT2D eigenvalue weighted by atomic mass is 10.3. The summed E-state index contributed by atoms with van der Waals surface area (Å²) in [6.07, 6.45) is 2.21. The van der Waals surface area contributed by atoms with E-state index in [0.29, 0.717) is 5.71 Å². The number of hydrogen-bond donors (Lipinski definition) is 1. The summed E-state index contributed by atoms with van der Waals surface area (Å²) in [5, 5.41) is 8.36. The Labute approximate surface area is 67.1 Å². The van der Waals surface area contributed by atoms with Gasteiger partial charge in [-0.15, -0.1) is 0 Å². The Morgan fingerprint density at radius 3 is 2.64 bits per heavy atom. The van der Waals surface area contributed by atoms with Gasteiger partial charge in [0, 0.05) is 12.3 Å². The van der Waals surface area contributed by atoms with Crippen LogP contribution in [-0.4, -0.2) is 23.3 Å². The van der Waals surface area contributed by atoms with Gasteiger partial charge in [-0.2, -0.15) is 0 Å². The van der Waals surface area contributed by atoms with Gasteiger partial charge < -0.3 is 5.11 Å². The molecule has 0 aromatic rings. The molecule has 0 aromatic heterocycles. The molecule has 0 aliphatic carbocycles. The molecule has 0 rings (SSSR count). The van der Waals surface area contributed by atoms with E-state index in [1.807, 2.05) is 0 Å². The Hall–Kier alpha value is -0.860. The summed E-state index contributed by atoms with van der Waals surface area (Å²) < 4.78 is 0. The summed E-state index contributed by atoms with van der Waals surface area (Å²) in [7, 11) is 0. The van der Waals surface area contributed by atoms with E-state index in [1.54, 1.807) is 6.92 Å². The van der Waals surface area contributed by atoms with Crippen LogP contribution in [0, 0.1) is 0 Å². The van der Waals surface area contributed by atoms with Crippen molar-refractivity contribution >= 4 is 11.7 Å². The van der Waals surface area contributed by atoms with Gasteiger partial charge in [0.1, 0.15) is 0 Å². The second kappa shape index (κ2) is 5.89. The van der Waals surface area contributed by atoms with Crippen molar-refractivity contribution in [1.29, 1.82) is 0 Å². The van der Waals surface area contributed by atoms with Crippen LogP contribution in [0.15, 0.2) is 4.99 Å². The summed E-state index contributed by atoms with van der Waals surface area (Å²) in [6.45, 7) is 4.60. The van der Waals surface area contributed by atoms with Crippen LogP contribution < -0.4 is 0 Å². The fourth-order valence-electron chi connectivity index (χ4n) is 0.703. The predicted molar refractivity (Wildman–Crippen MR) is 45.1 cm³/mol. The van der Waals surface area contributed by atoms with Gasteiger partial charge in [-0.1, -0.05) is 13.3 Å². The van der Waals surface area contributed by atoms with E-state index in [4.69, 9.17) is 5.11 Å². The largest absolute Gasteiger partial charge is 0.481 e. The number of rotatable bonds is 5. The summed E-state index contributed by atoms with van der Waals surface area (Å²) in [5.41, 5.74) is 0.714. The maximum atomic E-state index is 10.2. The second-order valence-corrected chi connectivity index (χ2v) is 2.54. The van der Waals surface area contributed by atoms with Crippen LogP contribution in [0.25, 0.3) is 0 Å². The molecule has 0 unspecified atom stereocenters. The van der Waals surface area contributed by atoms with E-state index in [-0.39, 0.29) is 6.42 Å². The first-order chi connectivity index (χ1) is 5.16. The molecule has 3 nitrogen and oxygen atoms in total. The van der Waals surface area contributed by atoms with Gasteiger partial charge in [0.15, 0.2) is 0 Å². The minimum atomic E-state index is -0.803. The van der Waals surface area contributed by atoms with E-state index in [2.05, 4.69) is 11.9 Å². The smallest absolute Gasteiger partial charge is 0.309 e. The lowest BCUT2D eigenvalue weighted by molar-refractivity contribution is -0.135. The van der Waals surface area contributed by atoms with E-state index in [0.717, 1.165) is 19.4 Å². The highest BCUT2D eigenvalue weighted by molar-refractivity contribution is 5.96. The van der Waals surface area contributed by atoms with E-state index in [1.165, 1.54) is 0 Å². The summed E-state index contributed by atoms with van der Waals surface area (Å²) >= 11 is 0. The lowest BCUT2D eigenvalue weighted by Gasteiger charge is -1.95. The molecule has 0 radical (unpaired) electrons. The van der Waals surface area contributed by atoms with E-state index >= 15 is 0 Å². The normalized spacial score (nSPS) is 11.6. The van der Waals surface area contributed by atoms with Crippen LogP contribution in [0.5, 0.6) is 0 Å². The Morgan fingerprint density at radius 1 is 1.55 bits per heavy atom. The molecule has 0 aromatic carbocycles. The fraction of sp³-hybridized carbons (Fsp3) is 0.750. The van der Waals surface area contributed by atoms with Crippen LogP contribution >= 0.6 is 0 Å². The van der Waals surface area contributed by atoms with Gasteiger partial charge in [0.2, 0.25) is 0 Å². The molecular formula is C8H15NO2. The van der Waals surface area contributed by atoms with Crippen LogP contribution in [0.2, 0.25) is 0 Å². The van der Waals surface area contributed by atoms with Crippen LogP contribution in [0.1, 0.15) is 33.1 Å². The third-order valence-corrected chi connectivity index (χ3v) is 1.30. The molecule has 11 heavy (non-hydrogen) atoms. The molecule has 0 aliphatic rings. The molecule has 0 saturated carbocycles. The van der Waals surface area contributed by atoms with Crippen LogP contribution in [0.3, 0.4) is 0 Å². The molecule has 0 amide bonds. The topological polar surface area (TPSA) is 49.7 Å². The SMILES string of the molecule is CCCCN=C(C)CC(=O)O. The number of unbranched alkanes of at least 4 members (excludes halogenated alkanes) is 1. The number of aliphatic imine (C=N–C) groups is 1. The molecule has 0 heterocycles. The van der Waals surface area contributed by atoms with Crippen molar-refractivity contribution in [2.45, 2.75) is 33.1 Å². The highest BCUT2D eigenvalue weighted by Crippen LogP contribution is 1.91. The first-order valence-electron chi connectivity index (χ1n) is 3.88. The van der Waals surface area contributed by atoms with Crippen molar-refractivity contribution < 1.29 is 9.90 Å². The zero-order valence-electron chi connectivity index (χ0n) is 7.13. The zero-order chi connectivity index (χ0) is 8.69.